The molecule has 0 unspecified atom stereocenters. The summed E-state index contributed by atoms with van der Waals surface area (Å²) in [6.45, 7) is 4.11. The van der Waals surface area contributed by atoms with Crippen molar-refractivity contribution in [3.63, 3.8) is 0 Å². The van der Waals surface area contributed by atoms with Crippen LogP contribution >= 0.6 is 0 Å². The Kier molecular flexibility index (Phi) is 5.20. The topological polar surface area (TPSA) is 95.6 Å². The van der Waals surface area contributed by atoms with E-state index in [9.17, 15) is 23.6 Å². The van der Waals surface area contributed by atoms with Crippen LogP contribution in [-0.4, -0.2) is 41.1 Å². The quantitative estimate of drug-likeness (QED) is 0.751. The average molecular weight is 349 g/mol. The van der Waals surface area contributed by atoms with Crippen LogP contribution in [-0.2, 0) is 19.9 Å². The van der Waals surface area contributed by atoms with E-state index in [2.05, 4.69) is 10.6 Å². The number of rotatable bonds is 6. The van der Waals surface area contributed by atoms with Gasteiger partial charge in [-0.15, -0.1) is 0 Å². The molecule has 0 aliphatic carbocycles. The first kappa shape index (κ1) is 18.6. The van der Waals surface area contributed by atoms with Crippen LogP contribution in [0.1, 0.15) is 32.8 Å². The van der Waals surface area contributed by atoms with Gasteiger partial charge in [-0.25, -0.2) is 9.18 Å². The summed E-state index contributed by atoms with van der Waals surface area (Å²) in [6, 6.07) is 4.11. The Hall–Kier alpha value is -2.77. The van der Waals surface area contributed by atoms with Gasteiger partial charge in [0.25, 0.3) is 5.91 Å². The average Bonchev–Trinajstić information content (AvgIpc) is 2.71. The highest BCUT2D eigenvalue weighted by atomic mass is 19.1. The number of carbonyl (C=O) groups is 4. The Labute approximate surface area is 144 Å². The molecule has 134 valence electrons. The van der Waals surface area contributed by atoms with Crippen molar-refractivity contribution in [2.24, 2.45) is 0 Å². The fraction of sp³-hybridized carbons (Fsp3) is 0.412. The van der Waals surface area contributed by atoms with Crippen LogP contribution in [0.5, 0.6) is 0 Å². The predicted octanol–water partition coefficient (Wildman–Crippen LogP) is 1.08. The maximum Gasteiger partial charge on any atom is 0.325 e. The van der Waals surface area contributed by atoms with Crippen molar-refractivity contribution >= 4 is 23.6 Å². The van der Waals surface area contributed by atoms with E-state index in [1.165, 1.54) is 38.1 Å². The summed E-state index contributed by atoms with van der Waals surface area (Å²) < 4.78 is 13.1. The smallest absolute Gasteiger partial charge is 0.325 e. The summed E-state index contributed by atoms with van der Waals surface area (Å²) in [7, 11) is 0. The molecule has 0 bridgehead atoms. The zero-order valence-corrected chi connectivity index (χ0v) is 14.3. The molecule has 0 spiro atoms. The zero-order chi connectivity index (χ0) is 18.8. The number of imide groups is 1. The van der Waals surface area contributed by atoms with Crippen molar-refractivity contribution in [1.29, 1.82) is 0 Å². The Morgan fingerprint density at radius 3 is 2.44 bits per heavy atom. The number of nitrogens with zero attached hydrogens (tertiary/aromatic N) is 1. The number of ketones is 1. The first-order valence-corrected chi connectivity index (χ1v) is 7.82. The summed E-state index contributed by atoms with van der Waals surface area (Å²) in [5, 5.41) is 5.11. The molecule has 25 heavy (non-hydrogen) atoms. The van der Waals surface area contributed by atoms with Gasteiger partial charge in [0, 0.05) is 12.5 Å². The molecule has 4 amide bonds. The maximum atomic E-state index is 13.1. The van der Waals surface area contributed by atoms with Crippen LogP contribution in [0, 0.1) is 5.82 Å². The highest BCUT2D eigenvalue weighted by Crippen LogP contribution is 2.28. The third kappa shape index (κ3) is 4.01. The second-order valence-electron chi connectivity index (χ2n) is 6.33. The molecule has 0 saturated carbocycles. The molecule has 2 N–H and O–H groups in total. The van der Waals surface area contributed by atoms with Gasteiger partial charge in [-0.2, -0.15) is 0 Å². The third-order valence-electron chi connectivity index (χ3n) is 4.00. The van der Waals surface area contributed by atoms with Gasteiger partial charge in [0.05, 0.1) is 0 Å². The van der Waals surface area contributed by atoms with Gasteiger partial charge >= 0.3 is 6.03 Å². The lowest BCUT2D eigenvalue weighted by Gasteiger charge is -2.22. The molecule has 1 heterocycles. The van der Waals surface area contributed by atoms with Gasteiger partial charge in [0.2, 0.25) is 5.91 Å². The Balaban J connectivity index is 2.09. The van der Waals surface area contributed by atoms with Crippen LogP contribution in [0.2, 0.25) is 0 Å². The standard InChI is InChI=1S/C17H20FN3O4/c1-10(8-11(2)22)19-14(23)9-21-15(24)17(3,20-16(21)25)12-4-6-13(18)7-5-12/h4-7,10H,8-9H2,1-3H3,(H,19,23)(H,20,25)/t10-,17-/m1/s1. The molecule has 1 aliphatic rings. The number of Topliss-reactive ketones (excluding diaryl/α,β-unsaturated/α-hetero) is 1. The van der Waals surface area contributed by atoms with Crippen molar-refractivity contribution in [3.8, 4) is 0 Å². The Morgan fingerprint density at radius 2 is 1.88 bits per heavy atom. The number of urea groups is 1. The maximum absolute atomic E-state index is 13.1. The predicted molar refractivity (Wildman–Crippen MR) is 86.9 cm³/mol. The summed E-state index contributed by atoms with van der Waals surface area (Å²) in [6.07, 6.45) is 0.166. The van der Waals surface area contributed by atoms with E-state index in [0.717, 1.165) is 4.90 Å². The number of benzene rings is 1. The monoisotopic (exact) mass is 349 g/mol. The number of hydrogen-bond acceptors (Lipinski definition) is 4. The second-order valence-corrected chi connectivity index (χ2v) is 6.33. The molecular formula is C17H20FN3O4. The minimum Gasteiger partial charge on any atom is -0.352 e. The Morgan fingerprint density at radius 1 is 1.28 bits per heavy atom. The van der Waals surface area contributed by atoms with E-state index in [0.29, 0.717) is 5.56 Å². The normalized spacial score (nSPS) is 21.0. The van der Waals surface area contributed by atoms with Gasteiger partial charge in [0.1, 0.15) is 23.7 Å². The van der Waals surface area contributed by atoms with Crippen LogP contribution in [0.3, 0.4) is 0 Å². The number of halogens is 1. The molecule has 0 radical (unpaired) electrons. The van der Waals surface area contributed by atoms with Gasteiger partial charge in [-0.1, -0.05) is 12.1 Å². The zero-order valence-electron chi connectivity index (χ0n) is 14.3. The van der Waals surface area contributed by atoms with E-state index in [1.807, 2.05) is 0 Å². The first-order chi connectivity index (χ1) is 11.6. The minimum absolute atomic E-state index is 0.0772. The summed E-state index contributed by atoms with van der Waals surface area (Å²) in [4.78, 5) is 48.6. The fourth-order valence-corrected chi connectivity index (χ4v) is 2.77. The highest BCUT2D eigenvalue weighted by Gasteiger charge is 2.49. The molecule has 1 aromatic carbocycles. The fourth-order valence-electron chi connectivity index (χ4n) is 2.77. The third-order valence-corrected chi connectivity index (χ3v) is 4.00. The molecular weight excluding hydrogens is 329 g/mol. The Bertz CT molecular complexity index is 719. The second kappa shape index (κ2) is 7.00. The van der Waals surface area contributed by atoms with Crippen LogP contribution < -0.4 is 10.6 Å². The molecule has 2 rings (SSSR count). The van der Waals surface area contributed by atoms with E-state index < -0.39 is 41.8 Å². The molecule has 0 aromatic heterocycles. The van der Waals surface area contributed by atoms with Gasteiger partial charge in [-0.3, -0.25) is 19.3 Å². The summed E-state index contributed by atoms with van der Waals surface area (Å²) in [5.74, 6) is -1.68. The molecule has 2 atom stereocenters. The van der Waals surface area contributed by atoms with Crippen molar-refractivity contribution in [2.75, 3.05) is 6.54 Å². The lowest BCUT2D eigenvalue weighted by Crippen LogP contribution is -2.45. The molecule has 1 aromatic rings. The highest BCUT2D eigenvalue weighted by molar-refractivity contribution is 6.09. The molecule has 1 saturated heterocycles. The van der Waals surface area contributed by atoms with E-state index >= 15 is 0 Å². The minimum atomic E-state index is -1.37. The van der Waals surface area contributed by atoms with Crippen molar-refractivity contribution in [2.45, 2.75) is 38.8 Å². The SMILES string of the molecule is CC(=O)C[C@@H](C)NC(=O)CN1C(=O)N[C@](C)(c2ccc(F)cc2)C1=O. The van der Waals surface area contributed by atoms with Gasteiger partial charge in [-0.05, 0) is 38.5 Å². The molecule has 7 nitrogen and oxygen atoms in total. The lowest BCUT2D eigenvalue weighted by molar-refractivity contribution is -0.135. The van der Waals surface area contributed by atoms with Gasteiger partial charge < -0.3 is 10.6 Å². The summed E-state index contributed by atoms with van der Waals surface area (Å²) >= 11 is 0. The van der Waals surface area contributed by atoms with Crippen LogP contribution in [0.4, 0.5) is 9.18 Å². The number of amides is 4. The molecule has 8 heteroatoms. The van der Waals surface area contributed by atoms with Crippen molar-refractivity contribution in [3.05, 3.63) is 35.6 Å². The molecule has 1 aliphatic heterocycles. The first-order valence-electron chi connectivity index (χ1n) is 7.82. The number of nitrogens with one attached hydrogen (secondary N) is 2. The largest absolute Gasteiger partial charge is 0.352 e. The van der Waals surface area contributed by atoms with E-state index in [-0.39, 0.29) is 12.2 Å². The van der Waals surface area contributed by atoms with Crippen LogP contribution in [0.15, 0.2) is 24.3 Å². The number of hydrogen-bond donors (Lipinski definition) is 2. The summed E-state index contributed by atoms with van der Waals surface area (Å²) in [5.41, 5.74) is -0.948. The van der Waals surface area contributed by atoms with Crippen molar-refractivity contribution < 1.29 is 23.6 Å². The number of carbonyl (C=O) groups excluding carboxylic acids is 4. The lowest BCUT2D eigenvalue weighted by atomic mass is 9.92. The van der Waals surface area contributed by atoms with E-state index in [4.69, 9.17) is 0 Å². The molecule has 1 fully saturated rings. The van der Waals surface area contributed by atoms with E-state index in [1.54, 1.807) is 6.92 Å². The van der Waals surface area contributed by atoms with Gasteiger partial charge in [0.15, 0.2) is 0 Å². The van der Waals surface area contributed by atoms with Crippen LogP contribution in [0.25, 0.3) is 0 Å². The van der Waals surface area contributed by atoms with Crippen molar-refractivity contribution in [1.82, 2.24) is 15.5 Å².